The van der Waals surface area contributed by atoms with Gasteiger partial charge in [0.2, 0.25) is 17.7 Å². The minimum Gasteiger partial charge on any atom is -0.480 e. The number of rotatable bonds is 11. The summed E-state index contributed by atoms with van der Waals surface area (Å²) in [6.45, 7) is 0.780. The van der Waals surface area contributed by atoms with Crippen molar-refractivity contribution in [2.45, 2.75) is 37.6 Å². The van der Waals surface area contributed by atoms with E-state index in [0.717, 1.165) is 16.5 Å². The molecular weight excluding hydrogens is 438 g/mol. The Hall–Kier alpha value is -3.09. The third-order valence-electron chi connectivity index (χ3n) is 4.75. The Balaban J connectivity index is 1.88. The second kappa shape index (κ2) is 11.5. The number of benzene rings is 1. The number of hydrogen-bond acceptors (Lipinski definition) is 7. The van der Waals surface area contributed by atoms with Gasteiger partial charge in [-0.15, -0.1) is 0 Å². The number of aliphatic carboxylic acids is 1. The molecule has 32 heavy (non-hydrogen) atoms. The minimum atomic E-state index is -1.42. The molecule has 0 aliphatic rings. The molecule has 1 aromatic heterocycles. The largest absolute Gasteiger partial charge is 0.480 e. The number of carboxylic acids is 1. The van der Waals surface area contributed by atoms with Gasteiger partial charge in [0.25, 0.3) is 0 Å². The molecular formula is C20H27N5O6S. The average molecular weight is 466 g/mol. The van der Waals surface area contributed by atoms with Gasteiger partial charge in [-0.05, 0) is 25.0 Å². The molecule has 0 bridgehead atoms. The number of para-hydroxylation sites is 1. The van der Waals surface area contributed by atoms with Crippen molar-refractivity contribution in [3.8, 4) is 0 Å². The lowest BCUT2D eigenvalue weighted by Gasteiger charge is -2.23. The Morgan fingerprint density at radius 2 is 1.84 bits per heavy atom. The van der Waals surface area contributed by atoms with Gasteiger partial charge in [-0.1, -0.05) is 18.2 Å². The number of aromatic nitrogens is 1. The molecule has 2 rings (SSSR count). The van der Waals surface area contributed by atoms with Crippen LogP contribution < -0.4 is 21.7 Å². The summed E-state index contributed by atoms with van der Waals surface area (Å²) >= 11 is 3.84. The van der Waals surface area contributed by atoms with Gasteiger partial charge < -0.3 is 36.9 Å². The molecule has 4 atom stereocenters. The first kappa shape index (κ1) is 25.2. The van der Waals surface area contributed by atoms with Crippen LogP contribution in [-0.2, 0) is 25.6 Å². The molecule has 0 aliphatic heterocycles. The molecule has 1 aromatic carbocycles. The molecule has 12 heteroatoms. The highest BCUT2D eigenvalue weighted by Crippen LogP contribution is 2.18. The van der Waals surface area contributed by atoms with E-state index in [-0.39, 0.29) is 12.2 Å². The molecule has 4 unspecified atom stereocenters. The van der Waals surface area contributed by atoms with Crippen LogP contribution in [0.3, 0.4) is 0 Å². The summed E-state index contributed by atoms with van der Waals surface area (Å²) in [6, 6.07) is 3.95. The number of aliphatic hydroxyl groups is 1. The molecule has 8 N–H and O–H groups in total. The minimum absolute atomic E-state index is 0.175. The summed E-state index contributed by atoms with van der Waals surface area (Å²) in [5.41, 5.74) is 7.73. The number of carbonyl (C=O) groups is 4. The molecule has 3 amide bonds. The number of hydrogen-bond donors (Lipinski definition) is 8. The third-order valence-corrected chi connectivity index (χ3v) is 5.12. The highest BCUT2D eigenvalue weighted by atomic mass is 32.1. The number of carboxylic acid groups (broad SMARTS) is 1. The fraction of sp³-hybridized carbons (Fsp3) is 0.400. The van der Waals surface area contributed by atoms with Crippen LogP contribution in [0, 0.1) is 0 Å². The lowest BCUT2D eigenvalue weighted by atomic mass is 10.1. The van der Waals surface area contributed by atoms with E-state index in [0.29, 0.717) is 0 Å². The van der Waals surface area contributed by atoms with E-state index < -0.39 is 54.5 Å². The first-order valence-electron chi connectivity index (χ1n) is 9.83. The summed E-state index contributed by atoms with van der Waals surface area (Å²) in [5, 5.41) is 26.6. The normalized spacial score (nSPS) is 14.8. The molecule has 0 saturated heterocycles. The zero-order chi connectivity index (χ0) is 23.8. The van der Waals surface area contributed by atoms with Crippen molar-refractivity contribution >= 4 is 47.2 Å². The van der Waals surface area contributed by atoms with E-state index in [1.165, 1.54) is 6.92 Å². The summed E-state index contributed by atoms with van der Waals surface area (Å²) in [7, 11) is 0. The number of nitrogens with one attached hydrogen (secondary N) is 4. The first-order valence-corrected chi connectivity index (χ1v) is 10.5. The Morgan fingerprint density at radius 3 is 2.47 bits per heavy atom. The standard InChI is InChI=1S/C20H27N5O6S/c1-10(26)17(19(29)24-15(9-32)20(30)31)25-16(27)8-23-18(28)13(21)6-11-7-22-14-5-3-2-4-12(11)14/h2-5,7,10,13,15,17,22,26,32H,6,8-9,21H2,1H3,(H,23,28)(H,24,29)(H,25,27)(H,30,31). The van der Waals surface area contributed by atoms with Crippen LogP contribution in [-0.4, -0.2) is 75.4 Å². The Kier molecular flexibility index (Phi) is 9.05. The Morgan fingerprint density at radius 1 is 1.16 bits per heavy atom. The Bertz CT molecular complexity index is 978. The van der Waals surface area contributed by atoms with E-state index >= 15 is 0 Å². The van der Waals surface area contributed by atoms with Crippen LogP contribution in [0.1, 0.15) is 12.5 Å². The predicted octanol–water partition coefficient (Wildman–Crippen LogP) is -1.48. The first-order chi connectivity index (χ1) is 15.1. The molecule has 0 fully saturated rings. The van der Waals surface area contributed by atoms with Crippen molar-refractivity contribution in [2.24, 2.45) is 5.73 Å². The van der Waals surface area contributed by atoms with E-state index in [4.69, 9.17) is 10.8 Å². The van der Waals surface area contributed by atoms with Crippen LogP contribution in [0.15, 0.2) is 30.5 Å². The topological polar surface area (TPSA) is 187 Å². The van der Waals surface area contributed by atoms with Crippen molar-refractivity contribution in [1.29, 1.82) is 0 Å². The number of aromatic amines is 1. The fourth-order valence-electron chi connectivity index (χ4n) is 3.01. The lowest BCUT2D eigenvalue weighted by Crippen LogP contribution is -2.57. The van der Waals surface area contributed by atoms with Gasteiger partial charge in [0.1, 0.15) is 12.1 Å². The number of thiol groups is 1. The summed E-state index contributed by atoms with van der Waals surface area (Å²) < 4.78 is 0. The summed E-state index contributed by atoms with van der Waals surface area (Å²) in [6.07, 6.45) is 0.704. The predicted molar refractivity (Wildman–Crippen MR) is 120 cm³/mol. The van der Waals surface area contributed by atoms with Crippen molar-refractivity contribution in [2.75, 3.05) is 12.3 Å². The monoisotopic (exact) mass is 465 g/mol. The van der Waals surface area contributed by atoms with Crippen molar-refractivity contribution in [3.05, 3.63) is 36.0 Å². The van der Waals surface area contributed by atoms with Crippen LogP contribution in [0.2, 0.25) is 0 Å². The van der Waals surface area contributed by atoms with E-state index in [9.17, 15) is 24.3 Å². The quantitative estimate of drug-likeness (QED) is 0.186. The zero-order valence-corrected chi connectivity index (χ0v) is 18.3. The molecule has 1 heterocycles. The number of nitrogens with two attached hydrogens (primary N) is 1. The van der Waals surface area contributed by atoms with E-state index in [2.05, 4.69) is 33.6 Å². The van der Waals surface area contributed by atoms with Gasteiger partial charge in [-0.2, -0.15) is 12.6 Å². The molecule has 0 radical (unpaired) electrons. The smallest absolute Gasteiger partial charge is 0.327 e. The van der Waals surface area contributed by atoms with Crippen molar-refractivity contribution in [1.82, 2.24) is 20.9 Å². The van der Waals surface area contributed by atoms with Gasteiger partial charge in [-0.3, -0.25) is 14.4 Å². The van der Waals surface area contributed by atoms with Gasteiger partial charge >= 0.3 is 5.97 Å². The SMILES string of the molecule is CC(O)C(NC(=O)CNC(=O)C(N)Cc1c[nH]c2ccccc12)C(=O)NC(CS)C(=O)O. The maximum atomic E-state index is 12.3. The molecule has 0 spiro atoms. The van der Waals surface area contributed by atoms with Gasteiger partial charge in [0.05, 0.1) is 18.7 Å². The maximum Gasteiger partial charge on any atom is 0.327 e. The number of carbonyl (C=O) groups excluding carboxylic acids is 3. The fourth-order valence-corrected chi connectivity index (χ4v) is 3.25. The van der Waals surface area contributed by atoms with Gasteiger partial charge in [-0.25, -0.2) is 4.79 Å². The summed E-state index contributed by atoms with van der Waals surface area (Å²) in [4.78, 5) is 50.8. The van der Waals surface area contributed by atoms with E-state index in [1.807, 2.05) is 24.3 Å². The maximum absolute atomic E-state index is 12.3. The van der Waals surface area contributed by atoms with Crippen LogP contribution in [0.4, 0.5) is 0 Å². The van der Waals surface area contributed by atoms with Crippen LogP contribution in [0.25, 0.3) is 10.9 Å². The number of amides is 3. The van der Waals surface area contributed by atoms with Crippen LogP contribution >= 0.6 is 12.6 Å². The van der Waals surface area contributed by atoms with Gasteiger partial charge in [0.15, 0.2) is 0 Å². The lowest BCUT2D eigenvalue weighted by molar-refractivity contribution is -0.142. The Labute approximate surface area is 189 Å². The second-order valence-electron chi connectivity index (χ2n) is 7.26. The number of aliphatic hydroxyl groups excluding tert-OH is 1. The van der Waals surface area contributed by atoms with Gasteiger partial charge in [0, 0.05) is 22.9 Å². The van der Waals surface area contributed by atoms with Crippen LogP contribution in [0.5, 0.6) is 0 Å². The summed E-state index contributed by atoms with van der Waals surface area (Å²) in [5.74, 6) is -3.69. The highest BCUT2D eigenvalue weighted by Gasteiger charge is 2.29. The van der Waals surface area contributed by atoms with Crippen molar-refractivity contribution < 1.29 is 29.4 Å². The van der Waals surface area contributed by atoms with Crippen molar-refractivity contribution in [3.63, 3.8) is 0 Å². The molecule has 0 aliphatic carbocycles. The molecule has 11 nitrogen and oxygen atoms in total. The molecule has 2 aromatic rings. The molecule has 174 valence electrons. The number of fused-ring (bicyclic) bond motifs is 1. The number of H-pyrrole nitrogens is 1. The second-order valence-corrected chi connectivity index (χ2v) is 7.62. The highest BCUT2D eigenvalue weighted by molar-refractivity contribution is 7.80. The third kappa shape index (κ3) is 6.70. The molecule has 0 saturated carbocycles. The zero-order valence-electron chi connectivity index (χ0n) is 17.4. The average Bonchev–Trinajstić information content (AvgIpc) is 3.16. The van der Waals surface area contributed by atoms with E-state index in [1.54, 1.807) is 6.20 Å².